The van der Waals surface area contributed by atoms with E-state index in [1.54, 1.807) is 24.0 Å². The van der Waals surface area contributed by atoms with Gasteiger partial charge in [-0.1, -0.05) is 6.07 Å². The SMILES string of the molecule is Cc1ccc(NC(=O)c2csc(-c3cnccn3)n2)cc1C. The molecule has 0 radical (unpaired) electrons. The van der Waals surface area contributed by atoms with Gasteiger partial charge in [0.25, 0.3) is 5.91 Å². The molecule has 2 aromatic heterocycles. The van der Waals surface area contributed by atoms with Crippen LogP contribution in [0.1, 0.15) is 21.6 Å². The second-order valence-electron chi connectivity index (χ2n) is 4.88. The van der Waals surface area contributed by atoms with Crippen LogP contribution in [-0.2, 0) is 0 Å². The molecule has 0 spiro atoms. The lowest BCUT2D eigenvalue weighted by molar-refractivity contribution is 0.102. The summed E-state index contributed by atoms with van der Waals surface area (Å²) in [5, 5.41) is 5.26. The Morgan fingerprint density at radius 2 is 2.05 bits per heavy atom. The number of carbonyl (C=O) groups excluding carboxylic acids is 1. The molecule has 1 aromatic carbocycles. The number of rotatable bonds is 3. The molecule has 110 valence electrons. The Bertz CT molecular complexity index is 814. The van der Waals surface area contributed by atoms with Crippen LogP contribution in [0.2, 0.25) is 0 Å². The normalized spacial score (nSPS) is 10.5. The molecular weight excluding hydrogens is 296 g/mol. The Morgan fingerprint density at radius 3 is 2.77 bits per heavy atom. The van der Waals surface area contributed by atoms with Crippen LogP contribution in [0.4, 0.5) is 5.69 Å². The molecule has 0 aliphatic carbocycles. The standard InChI is InChI=1S/C16H14N4OS/c1-10-3-4-12(7-11(10)2)19-15(21)14-9-22-16(20-14)13-8-17-5-6-18-13/h3-9H,1-2H3,(H,19,21). The van der Waals surface area contributed by atoms with Crippen LogP contribution >= 0.6 is 11.3 Å². The number of hydrogen-bond donors (Lipinski definition) is 1. The second-order valence-corrected chi connectivity index (χ2v) is 5.74. The van der Waals surface area contributed by atoms with Gasteiger partial charge in [-0.15, -0.1) is 11.3 Å². The molecule has 22 heavy (non-hydrogen) atoms. The van der Waals surface area contributed by atoms with Crippen LogP contribution in [-0.4, -0.2) is 20.9 Å². The zero-order valence-corrected chi connectivity index (χ0v) is 13.0. The number of anilines is 1. The molecule has 0 aliphatic heterocycles. The van der Waals surface area contributed by atoms with E-state index in [0.717, 1.165) is 11.3 Å². The summed E-state index contributed by atoms with van der Waals surface area (Å²) in [5.74, 6) is -0.227. The third-order valence-electron chi connectivity index (χ3n) is 3.28. The van der Waals surface area contributed by atoms with Crippen molar-refractivity contribution in [1.29, 1.82) is 0 Å². The van der Waals surface area contributed by atoms with Crippen LogP contribution in [0.15, 0.2) is 42.2 Å². The molecule has 0 fully saturated rings. The predicted molar refractivity (Wildman–Crippen MR) is 87.0 cm³/mol. The zero-order valence-electron chi connectivity index (χ0n) is 12.2. The Labute approximate surface area is 132 Å². The molecule has 0 saturated carbocycles. The summed E-state index contributed by atoms with van der Waals surface area (Å²) in [6, 6.07) is 5.82. The highest BCUT2D eigenvalue weighted by Crippen LogP contribution is 2.22. The van der Waals surface area contributed by atoms with Crippen LogP contribution in [0.3, 0.4) is 0 Å². The third kappa shape index (κ3) is 3.01. The number of nitrogens with one attached hydrogen (secondary N) is 1. The van der Waals surface area contributed by atoms with Crippen molar-refractivity contribution in [3.05, 3.63) is 59.0 Å². The summed E-state index contributed by atoms with van der Waals surface area (Å²) in [6.45, 7) is 4.05. The van der Waals surface area contributed by atoms with E-state index in [2.05, 4.69) is 20.3 Å². The number of benzene rings is 1. The van der Waals surface area contributed by atoms with Gasteiger partial charge in [0, 0.05) is 23.5 Å². The number of thiazole rings is 1. The summed E-state index contributed by atoms with van der Waals surface area (Å²) < 4.78 is 0. The van der Waals surface area contributed by atoms with Crippen molar-refractivity contribution < 1.29 is 4.79 Å². The summed E-state index contributed by atoms with van der Waals surface area (Å²) in [4.78, 5) is 24.8. The quantitative estimate of drug-likeness (QED) is 0.804. The number of carbonyl (C=O) groups is 1. The van der Waals surface area contributed by atoms with E-state index >= 15 is 0 Å². The Kier molecular flexibility index (Phi) is 3.93. The molecule has 1 N–H and O–H groups in total. The van der Waals surface area contributed by atoms with Crippen molar-refractivity contribution in [2.24, 2.45) is 0 Å². The van der Waals surface area contributed by atoms with E-state index in [9.17, 15) is 4.79 Å². The molecule has 2 heterocycles. The molecule has 0 unspecified atom stereocenters. The second kappa shape index (κ2) is 6.03. The van der Waals surface area contributed by atoms with Gasteiger partial charge in [0.15, 0.2) is 0 Å². The molecule has 5 nitrogen and oxygen atoms in total. The molecule has 3 rings (SSSR count). The lowest BCUT2D eigenvalue weighted by atomic mass is 10.1. The maximum absolute atomic E-state index is 12.3. The van der Waals surface area contributed by atoms with Crippen LogP contribution < -0.4 is 5.32 Å². The molecule has 0 saturated heterocycles. The molecule has 0 atom stereocenters. The third-order valence-corrected chi connectivity index (χ3v) is 4.15. The summed E-state index contributed by atoms with van der Waals surface area (Å²) in [7, 11) is 0. The lowest BCUT2D eigenvalue weighted by Gasteiger charge is -2.06. The number of amides is 1. The van der Waals surface area contributed by atoms with Crippen molar-refractivity contribution in [3.63, 3.8) is 0 Å². The highest BCUT2D eigenvalue weighted by Gasteiger charge is 2.13. The van der Waals surface area contributed by atoms with Crippen molar-refractivity contribution in [1.82, 2.24) is 15.0 Å². The largest absolute Gasteiger partial charge is 0.321 e. The van der Waals surface area contributed by atoms with Gasteiger partial charge in [-0.25, -0.2) is 4.98 Å². The average molecular weight is 310 g/mol. The minimum Gasteiger partial charge on any atom is -0.321 e. The number of aromatic nitrogens is 3. The number of nitrogens with zero attached hydrogens (tertiary/aromatic N) is 3. The fraction of sp³-hybridized carbons (Fsp3) is 0.125. The first-order valence-electron chi connectivity index (χ1n) is 6.74. The topological polar surface area (TPSA) is 67.8 Å². The first kappa shape index (κ1) is 14.3. The first-order chi connectivity index (χ1) is 10.6. The Hall–Kier alpha value is -2.60. The minimum atomic E-state index is -0.227. The van der Waals surface area contributed by atoms with Crippen molar-refractivity contribution >= 4 is 22.9 Å². The van der Waals surface area contributed by atoms with E-state index in [0.29, 0.717) is 16.4 Å². The molecule has 6 heteroatoms. The van der Waals surface area contributed by atoms with Crippen LogP contribution in [0.25, 0.3) is 10.7 Å². The molecule has 1 amide bonds. The van der Waals surface area contributed by atoms with Gasteiger partial charge in [-0.05, 0) is 37.1 Å². The fourth-order valence-corrected chi connectivity index (χ4v) is 2.68. The van der Waals surface area contributed by atoms with E-state index in [1.165, 1.54) is 16.9 Å². The smallest absolute Gasteiger partial charge is 0.275 e. The highest BCUT2D eigenvalue weighted by atomic mass is 32.1. The number of hydrogen-bond acceptors (Lipinski definition) is 5. The molecule has 3 aromatic rings. The number of aryl methyl sites for hydroxylation is 2. The van der Waals surface area contributed by atoms with Gasteiger partial charge >= 0.3 is 0 Å². The van der Waals surface area contributed by atoms with Gasteiger partial charge in [-0.3, -0.25) is 14.8 Å². The van der Waals surface area contributed by atoms with E-state index in [1.807, 2.05) is 32.0 Å². The van der Waals surface area contributed by atoms with E-state index in [4.69, 9.17) is 0 Å². The van der Waals surface area contributed by atoms with Crippen molar-refractivity contribution in [2.75, 3.05) is 5.32 Å². The van der Waals surface area contributed by atoms with Gasteiger partial charge in [-0.2, -0.15) is 0 Å². The summed E-state index contributed by atoms with van der Waals surface area (Å²) >= 11 is 1.37. The monoisotopic (exact) mass is 310 g/mol. The van der Waals surface area contributed by atoms with Gasteiger partial charge in [0.2, 0.25) is 0 Å². The van der Waals surface area contributed by atoms with Gasteiger partial charge in [0.1, 0.15) is 16.4 Å². The van der Waals surface area contributed by atoms with Crippen molar-refractivity contribution in [2.45, 2.75) is 13.8 Å². The minimum absolute atomic E-state index is 0.227. The Balaban J connectivity index is 1.78. The summed E-state index contributed by atoms with van der Waals surface area (Å²) in [6.07, 6.45) is 4.83. The predicted octanol–water partition coefficient (Wildman–Crippen LogP) is 3.47. The fourth-order valence-electron chi connectivity index (χ4n) is 1.92. The van der Waals surface area contributed by atoms with Crippen LogP contribution in [0, 0.1) is 13.8 Å². The average Bonchev–Trinajstić information content (AvgIpc) is 3.02. The zero-order chi connectivity index (χ0) is 15.5. The first-order valence-corrected chi connectivity index (χ1v) is 7.62. The van der Waals surface area contributed by atoms with E-state index in [-0.39, 0.29) is 5.91 Å². The molecular formula is C16H14N4OS. The molecule has 0 bridgehead atoms. The maximum Gasteiger partial charge on any atom is 0.275 e. The highest BCUT2D eigenvalue weighted by molar-refractivity contribution is 7.13. The van der Waals surface area contributed by atoms with Gasteiger partial charge < -0.3 is 5.32 Å². The van der Waals surface area contributed by atoms with E-state index < -0.39 is 0 Å². The van der Waals surface area contributed by atoms with Gasteiger partial charge in [0.05, 0.1) is 6.20 Å². The van der Waals surface area contributed by atoms with Crippen molar-refractivity contribution in [3.8, 4) is 10.7 Å². The lowest BCUT2D eigenvalue weighted by Crippen LogP contribution is -2.12. The molecule has 0 aliphatic rings. The summed E-state index contributed by atoms with van der Waals surface area (Å²) in [5.41, 5.74) is 4.14. The van der Waals surface area contributed by atoms with Crippen LogP contribution in [0.5, 0.6) is 0 Å². The maximum atomic E-state index is 12.3. The Morgan fingerprint density at radius 1 is 1.18 bits per heavy atom.